The molecule has 3 unspecified atom stereocenters. The van der Waals surface area contributed by atoms with E-state index in [0.717, 1.165) is 13.1 Å². The Labute approximate surface area is 147 Å². The fourth-order valence-electron chi connectivity index (χ4n) is 3.68. The van der Waals surface area contributed by atoms with Gasteiger partial charge < -0.3 is 10.1 Å². The predicted octanol–water partition coefficient (Wildman–Crippen LogP) is 3.21. The van der Waals surface area contributed by atoms with Crippen molar-refractivity contribution < 1.29 is 17.7 Å². The topological polar surface area (TPSA) is 38.3 Å². The molecule has 132 valence electrons. The molecular weight excluding hydrogens is 344 g/mol. The summed E-state index contributed by atoms with van der Waals surface area (Å²) in [4.78, 5) is 0.675. The fraction of sp³-hybridized carbons (Fsp3) is 0.368. The zero-order valence-electron chi connectivity index (χ0n) is 13.8. The van der Waals surface area contributed by atoms with E-state index in [-0.39, 0.29) is 5.75 Å². The summed E-state index contributed by atoms with van der Waals surface area (Å²) in [7, 11) is -1.08. The van der Waals surface area contributed by atoms with Crippen LogP contribution < -0.4 is 10.1 Å². The van der Waals surface area contributed by atoms with E-state index in [2.05, 4.69) is 5.32 Å². The van der Waals surface area contributed by atoms with E-state index in [1.165, 1.54) is 12.1 Å². The third kappa shape index (κ3) is 3.20. The minimum atomic E-state index is -1.08. The third-order valence-corrected chi connectivity index (χ3v) is 6.14. The van der Waals surface area contributed by atoms with Crippen LogP contribution in [0.1, 0.15) is 0 Å². The van der Waals surface area contributed by atoms with Crippen LogP contribution in [0.2, 0.25) is 0 Å². The van der Waals surface area contributed by atoms with Crippen LogP contribution in [0, 0.1) is 29.4 Å². The number of rotatable bonds is 5. The lowest BCUT2D eigenvalue weighted by atomic mass is 10.1. The summed E-state index contributed by atoms with van der Waals surface area (Å²) in [5.41, 5.74) is 1.10. The van der Waals surface area contributed by atoms with Crippen LogP contribution in [0.5, 0.6) is 5.75 Å². The molecule has 1 saturated heterocycles. The maximum absolute atomic E-state index is 14.3. The largest absolute Gasteiger partial charge is 0.487 e. The van der Waals surface area contributed by atoms with Gasteiger partial charge in [0.15, 0.2) is 17.4 Å². The molecular formula is C19H19F2NO2S. The first-order valence-electron chi connectivity index (χ1n) is 8.31. The van der Waals surface area contributed by atoms with Crippen molar-refractivity contribution in [2.45, 2.75) is 4.90 Å². The van der Waals surface area contributed by atoms with Gasteiger partial charge in [0.05, 0.1) is 6.61 Å². The normalized spacial score (nSPS) is 25.5. The van der Waals surface area contributed by atoms with Crippen molar-refractivity contribution in [2.24, 2.45) is 17.8 Å². The molecule has 2 aromatic rings. The van der Waals surface area contributed by atoms with Crippen molar-refractivity contribution in [1.82, 2.24) is 5.32 Å². The lowest BCUT2D eigenvalue weighted by molar-refractivity contribution is 0.255. The second kappa shape index (κ2) is 6.50. The zero-order valence-corrected chi connectivity index (χ0v) is 14.6. The highest BCUT2D eigenvalue weighted by Gasteiger charge is 2.53. The number of ether oxygens (including phenoxy) is 1. The average Bonchev–Trinajstić information content (AvgIpc) is 3.02. The summed E-state index contributed by atoms with van der Waals surface area (Å²) in [5.74, 6) is -0.0969. The van der Waals surface area contributed by atoms with Crippen LogP contribution in [0.25, 0.3) is 11.1 Å². The minimum Gasteiger partial charge on any atom is -0.487 e. The summed E-state index contributed by atoms with van der Waals surface area (Å²) in [6, 6.07) is 9.39. The van der Waals surface area contributed by atoms with Gasteiger partial charge in [0.1, 0.15) is 0 Å². The Morgan fingerprint density at radius 3 is 2.24 bits per heavy atom. The van der Waals surface area contributed by atoms with Crippen LogP contribution in [-0.4, -0.2) is 30.2 Å². The number of hydrogen-bond acceptors (Lipinski definition) is 3. The van der Waals surface area contributed by atoms with Gasteiger partial charge >= 0.3 is 0 Å². The van der Waals surface area contributed by atoms with E-state index in [0.29, 0.717) is 40.4 Å². The Bertz CT molecular complexity index is 792. The maximum atomic E-state index is 14.3. The summed E-state index contributed by atoms with van der Waals surface area (Å²) in [6.07, 6.45) is 1.59. The molecule has 0 aromatic heterocycles. The molecule has 25 heavy (non-hydrogen) atoms. The van der Waals surface area contributed by atoms with Crippen LogP contribution in [0.4, 0.5) is 8.78 Å². The molecule has 0 amide bonds. The monoisotopic (exact) mass is 363 g/mol. The smallest absolute Gasteiger partial charge is 0.190 e. The Morgan fingerprint density at radius 2 is 1.68 bits per heavy atom. The number of fused-ring (bicyclic) bond motifs is 1. The Hall–Kier alpha value is -1.79. The Kier molecular flexibility index (Phi) is 4.33. The average molecular weight is 363 g/mol. The van der Waals surface area contributed by atoms with Crippen LogP contribution in [0.15, 0.2) is 41.3 Å². The summed E-state index contributed by atoms with van der Waals surface area (Å²) < 4.78 is 45.6. The van der Waals surface area contributed by atoms with E-state index in [4.69, 9.17) is 4.74 Å². The molecule has 2 fully saturated rings. The molecule has 1 aliphatic heterocycles. The van der Waals surface area contributed by atoms with Gasteiger partial charge in [-0.15, -0.1) is 0 Å². The second-order valence-corrected chi connectivity index (χ2v) is 8.09. The molecule has 4 rings (SSSR count). The van der Waals surface area contributed by atoms with Crippen molar-refractivity contribution in [3.63, 3.8) is 0 Å². The van der Waals surface area contributed by atoms with Gasteiger partial charge in [-0.05, 0) is 60.3 Å². The highest BCUT2D eigenvalue weighted by atomic mass is 32.2. The number of nitrogens with one attached hydrogen (secondary N) is 1. The molecule has 1 heterocycles. The maximum Gasteiger partial charge on any atom is 0.190 e. The molecule has 2 aliphatic rings. The molecule has 6 heteroatoms. The number of piperidine rings is 1. The van der Waals surface area contributed by atoms with E-state index in [9.17, 15) is 13.0 Å². The molecule has 3 nitrogen and oxygen atoms in total. The summed E-state index contributed by atoms with van der Waals surface area (Å²) >= 11 is 0. The standard InChI is InChI=1S/C19H19F2NO2S/c1-25(23)13-4-2-11(3-5-13)12-6-17(20)19(18(21)7-12)24-10-16-14-8-22-9-15(14)16/h2-7,14-16,22H,8-10H2,1H3. The fourth-order valence-corrected chi connectivity index (χ4v) is 4.20. The van der Waals surface area contributed by atoms with Gasteiger partial charge in [-0.2, -0.15) is 0 Å². The molecule has 1 aliphatic carbocycles. The second-order valence-electron chi connectivity index (χ2n) is 6.71. The van der Waals surface area contributed by atoms with Crippen molar-refractivity contribution in [3.8, 4) is 16.9 Å². The van der Waals surface area contributed by atoms with Crippen molar-refractivity contribution in [2.75, 3.05) is 26.0 Å². The predicted molar refractivity (Wildman–Crippen MR) is 93.0 cm³/mol. The van der Waals surface area contributed by atoms with Crippen molar-refractivity contribution in [1.29, 1.82) is 0 Å². The highest BCUT2D eigenvalue weighted by Crippen LogP contribution is 2.48. The lowest BCUT2D eigenvalue weighted by Gasteiger charge is -2.11. The van der Waals surface area contributed by atoms with Crippen molar-refractivity contribution >= 4 is 10.8 Å². The highest BCUT2D eigenvalue weighted by molar-refractivity contribution is 7.84. The SMILES string of the molecule is CS(=O)c1ccc(-c2cc(F)c(OCC3C4CNCC43)c(F)c2)cc1. The van der Waals surface area contributed by atoms with E-state index in [1.54, 1.807) is 30.5 Å². The molecule has 3 atom stereocenters. The molecule has 1 N–H and O–H groups in total. The minimum absolute atomic E-state index is 0.298. The Morgan fingerprint density at radius 1 is 1.08 bits per heavy atom. The van der Waals surface area contributed by atoms with Crippen LogP contribution in [0.3, 0.4) is 0 Å². The molecule has 2 aromatic carbocycles. The first-order valence-corrected chi connectivity index (χ1v) is 9.87. The number of benzene rings is 2. The first kappa shape index (κ1) is 16.7. The number of hydrogen-bond donors (Lipinski definition) is 1. The third-order valence-electron chi connectivity index (χ3n) is 5.21. The zero-order chi connectivity index (χ0) is 17.6. The summed E-state index contributed by atoms with van der Waals surface area (Å²) in [5, 5.41) is 3.29. The molecule has 0 bridgehead atoms. The van der Waals surface area contributed by atoms with Gasteiger partial charge in [0.25, 0.3) is 0 Å². The lowest BCUT2D eigenvalue weighted by Crippen LogP contribution is -2.18. The molecule has 0 spiro atoms. The van der Waals surface area contributed by atoms with E-state index < -0.39 is 22.4 Å². The first-order chi connectivity index (χ1) is 12.0. The van der Waals surface area contributed by atoms with Crippen LogP contribution >= 0.6 is 0 Å². The number of halogens is 2. The van der Waals surface area contributed by atoms with Gasteiger partial charge in [-0.3, -0.25) is 4.21 Å². The van der Waals surface area contributed by atoms with E-state index >= 15 is 0 Å². The van der Waals surface area contributed by atoms with Gasteiger partial charge in [-0.25, -0.2) is 8.78 Å². The molecule has 0 radical (unpaired) electrons. The Balaban J connectivity index is 1.50. The van der Waals surface area contributed by atoms with Crippen molar-refractivity contribution in [3.05, 3.63) is 48.0 Å². The van der Waals surface area contributed by atoms with Crippen LogP contribution in [-0.2, 0) is 10.8 Å². The van der Waals surface area contributed by atoms with Gasteiger partial charge in [-0.1, -0.05) is 12.1 Å². The molecule has 1 saturated carbocycles. The van der Waals surface area contributed by atoms with Gasteiger partial charge in [0.2, 0.25) is 0 Å². The quantitative estimate of drug-likeness (QED) is 0.887. The van der Waals surface area contributed by atoms with E-state index in [1.807, 2.05) is 0 Å². The summed E-state index contributed by atoms with van der Waals surface area (Å²) in [6.45, 7) is 2.31. The van der Waals surface area contributed by atoms with Gasteiger partial charge in [0, 0.05) is 27.9 Å².